The van der Waals surface area contributed by atoms with Crippen molar-refractivity contribution in [1.82, 2.24) is 5.32 Å². The van der Waals surface area contributed by atoms with Crippen LogP contribution < -0.4 is 5.32 Å². The molecule has 1 saturated heterocycles. The van der Waals surface area contributed by atoms with E-state index in [0.717, 1.165) is 11.3 Å². The first-order valence-corrected chi connectivity index (χ1v) is 8.51. The number of hydrogen-bond acceptors (Lipinski definition) is 3. The molecule has 1 fully saturated rings. The van der Waals surface area contributed by atoms with Gasteiger partial charge in [0.05, 0.1) is 0 Å². The number of fused-ring (bicyclic) bond motifs is 1. The van der Waals surface area contributed by atoms with E-state index in [1.54, 1.807) is 5.56 Å². The largest absolute Gasteiger partial charge is 0.313 e. The summed E-state index contributed by atoms with van der Waals surface area (Å²) in [6, 6.07) is 9.63. The Morgan fingerprint density at radius 3 is 2.82 bits per heavy atom. The quantitative estimate of drug-likeness (QED) is 0.901. The zero-order valence-electron chi connectivity index (χ0n) is 10.0. The van der Waals surface area contributed by atoms with Crippen molar-refractivity contribution in [3.8, 4) is 0 Å². The van der Waals surface area contributed by atoms with Gasteiger partial charge in [0.1, 0.15) is 0 Å². The highest BCUT2D eigenvalue weighted by atomic mass is 32.2. The van der Waals surface area contributed by atoms with Gasteiger partial charge in [-0.1, -0.05) is 18.2 Å². The minimum absolute atomic E-state index is 0.752. The van der Waals surface area contributed by atoms with Crippen molar-refractivity contribution in [3.05, 3.63) is 29.8 Å². The molecule has 1 N–H and O–H groups in total. The van der Waals surface area contributed by atoms with Crippen molar-refractivity contribution in [2.24, 2.45) is 0 Å². The predicted octanol–water partition coefficient (Wildman–Crippen LogP) is 3.19. The molecular weight excluding hydrogens is 246 g/mol. The van der Waals surface area contributed by atoms with Crippen molar-refractivity contribution in [2.45, 2.75) is 35.4 Å². The molecule has 0 radical (unpaired) electrons. The van der Waals surface area contributed by atoms with E-state index in [4.69, 9.17) is 0 Å². The van der Waals surface area contributed by atoms with Gasteiger partial charge in [-0.2, -0.15) is 11.8 Å². The van der Waals surface area contributed by atoms with Gasteiger partial charge in [0.25, 0.3) is 0 Å². The van der Waals surface area contributed by atoms with E-state index in [9.17, 15) is 0 Å². The molecule has 2 aliphatic rings. The van der Waals surface area contributed by atoms with E-state index in [1.807, 2.05) is 0 Å². The zero-order chi connectivity index (χ0) is 11.5. The van der Waals surface area contributed by atoms with Gasteiger partial charge in [0, 0.05) is 22.7 Å². The first kappa shape index (κ1) is 11.9. The fourth-order valence-corrected chi connectivity index (χ4v) is 4.94. The van der Waals surface area contributed by atoms with Crippen LogP contribution in [0.3, 0.4) is 0 Å². The molecule has 0 saturated carbocycles. The van der Waals surface area contributed by atoms with E-state index in [-0.39, 0.29) is 0 Å². The van der Waals surface area contributed by atoms with Crippen LogP contribution in [0.5, 0.6) is 0 Å². The van der Waals surface area contributed by atoms with Crippen molar-refractivity contribution in [2.75, 3.05) is 18.1 Å². The number of hydrogen-bond donors (Lipinski definition) is 1. The Morgan fingerprint density at radius 1 is 1.18 bits per heavy atom. The molecule has 1 nitrogen and oxygen atoms in total. The maximum atomic E-state index is 3.76. The molecule has 1 atom stereocenters. The molecule has 1 aromatic rings. The van der Waals surface area contributed by atoms with Crippen LogP contribution in [-0.4, -0.2) is 29.3 Å². The van der Waals surface area contributed by atoms with E-state index in [2.05, 4.69) is 53.1 Å². The SMILES string of the molecule is c1ccc2c(c1)CC(CNC1CCSCC1)S2. The highest BCUT2D eigenvalue weighted by molar-refractivity contribution is 8.00. The normalized spacial score (nSPS) is 24.8. The Labute approximate surface area is 112 Å². The van der Waals surface area contributed by atoms with Crippen LogP contribution in [0.1, 0.15) is 18.4 Å². The number of rotatable bonds is 3. The van der Waals surface area contributed by atoms with Crippen LogP contribution in [0.15, 0.2) is 29.2 Å². The number of thioether (sulfide) groups is 2. The Hall–Kier alpha value is -0.120. The third-order valence-electron chi connectivity index (χ3n) is 3.57. The van der Waals surface area contributed by atoms with Crippen molar-refractivity contribution in [3.63, 3.8) is 0 Å². The summed E-state index contributed by atoms with van der Waals surface area (Å²) in [5, 5.41) is 4.52. The van der Waals surface area contributed by atoms with Crippen molar-refractivity contribution >= 4 is 23.5 Å². The topological polar surface area (TPSA) is 12.0 Å². The molecule has 1 unspecified atom stereocenters. The van der Waals surface area contributed by atoms with E-state index < -0.39 is 0 Å². The van der Waals surface area contributed by atoms with Crippen LogP contribution in [0.4, 0.5) is 0 Å². The lowest BCUT2D eigenvalue weighted by molar-refractivity contribution is 0.482. The second-order valence-corrected chi connectivity index (χ2v) is 7.41. The third-order valence-corrected chi connectivity index (χ3v) is 5.94. The molecule has 2 aliphatic heterocycles. The predicted molar refractivity (Wildman–Crippen MR) is 78.1 cm³/mol. The Kier molecular flexibility index (Phi) is 3.99. The van der Waals surface area contributed by atoms with E-state index >= 15 is 0 Å². The van der Waals surface area contributed by atoms with Gasteiger partial charge in [-0.25, -0.2) is 0 Å². The molecular formula is C14H19NS2. The van der Waals surface area contributed by atoms with Gasteiger partial charge in [-0.05, 0) is 42.4 Å². The lowest BCUT2D eigenvalue weighted by atomic mass is 10.1. The van der Waals surface area contributed by atoms with E-state index in [1.165, 1.54) is 42.2 Å². The molecule has 2 heterocycles. The van der Waals surface area contributed by atoms with Crippen LogP contribution in [0.2, 0.25) is 0 Å². The van der Waals surface area contributed by atoms with Gasteiger partial charge in [-0.15, -0.1) is 11.8 Å². The smallest absolute Gasteiger partial charge is 0.0260 e. The summed E-state index contributed by atoms with van der Waals surface area (Å²) in [7, 11) is 0. The van der Waals surface area contributed by atoms with Crippen LogP contribution >= 0.6 is 23.5 Å². The zero-order valence-corrected chi connectivity index (χ0v) is 11.7. The lowest BCUT2D eigenvalue weighted by Crippen LogP contribution is -2.36. The summed E-state index contributed by atoms with van der Waals surface area (Å²) in [4.78, 5) is 1.50. The lowest BCUT2D eigenvalue weighted by Gasteiger charge is -2.24. The highest BCUT2D eigenvalue weighted by Gasteiger charge is 2.22. The average Bonchev–Trinajstić information content (AvgIpc) is 2.80. The van der Waals surface area contributed by atoms with Gasteiger partial charge in [-0.3, -0.25) is 0 Å². The van der Waals surface area contributed by atoms with Crippen molar-refractivity contribution in [1.29, 1.82) is 0 Å². The summed E-state index contributed by atoms with van der Waals surface area (Å²) in [5.41, 5.74) is 1.54. The van der Waals surface area contributed by atoms with Crippen LogP contribution in [-0.2, 0) is 6.42 Å². The summed E-state index contributed by atoms with van der Waals surface area (Å²) >= 11 is 4.16. The second kappa shape index (κ2) is 5.68. The molecule has 92 valence electrons. The summed E-state index contributed by atoms with van der Waals surface area (Å²) in [6.45, 7) is 1.18. The molecule has 0 bridgehead atoms. The molecule has 1 aromatic carbocycles. The average molecular weight is 265 g/mol. The Bertz CT molecular complexity index is 349. The molecule has 3 rings (SSSR count). The fraction of sp³-hybridized carbons (Fsp3) is 0.571. The number of benzene rings is 1. The first-order valence-electron chi connectivity index (χ1n) is 6.47. The molecule has 17 heavy (non-hydrogen) atoms. The third kappa shape index (κ3) is 3.01. The summed E-state index contributed by atoms with van der Waals surface area (Å²) < 4.78 is 0. The summed E-state index contributed by atoms with van der Waals surface area (Å²) in [6.07, 6.45) is 3.96. The molecule has 0 amide bonds. The summed E-state index contributed by atoms with van der Waals surface area (Å²) in [5.74, 6) is 2.69. The number of nitrogens with one attached hydrogen (secondary N) is 1. The van der Waals surface area contributed by atoms with Crippen LogP contribution in [0, 0.1) is 0 Å². The van der Waals surface area contributed by atoms with Gasteiger partial charge in [0.2, 0.25) is 0 Å². The van der Waals surface area contributed by atoms with Gasteiger partial charge in [0.15, 0.2) is 0 Å². The van der Waals surface area contributed by atoms with E-state index in [0.29, 0.717) is 0 Å². The minimum atomic E-state index is 0.752. The molecule has 0 aromatic heterocycles. The highest BCUT2D eigenvalue weighted by Crippen LogP contribution is 2.36. The first-order chi connectivity index (χ1) is 8.42. The molecule has 0 aliphatic carbocycles. The molecule has 0 spiro atoms. The van der Waals surface area contributed by atoms with Gasteiger partial charge >= 0.3 is 0 Å². The Morgan fingerprint density at radius 2 is 2.00 bits per heavy atom. The standard InChI is InChI=1S/C14H19NS2/c1-2-4-14-11(3-1)9-13(17-14)10-15-12-5-7-16-8-6-12/h1-4,12-13,15H,5-10H2. The Balaban J connectivity index is 1.48. The maximum Gasteiger partial charge on any atom is 0.0260 e. The van der Waals surface area contributed by atoms with Crippen LogP contribution in [0.25, 0.3) is 0 Å². The second-order valence-electron chi connectivity index (χ2n) is 4.85. The minimum Gasteiger partial charge on any atom is -0.313 e. The molecule has 3 heteroatoms. The van der Waals surface area contributed by atoms with Crippen molar-refractivity contribution < 1.29 is 0 Å². The fourth-order valence-electron chi connectivity index (χ4n) is 2.57. The monoisotopic (exact) mass is 265 g/mol. The maximum absolute atomic E-state index is 3.76. The van der Waals surface area contributed by atoms with Gasteiger partial charge < -0.3 is 5.32 Å².